The van der Waals surface area contributed by atoms with Gasteiger partial charge in [-0.1, -0.05) is 17.7 Å². The number of allylic oxidation sites excluding steroid dienone is 1. The zero-order valence-electron chi connectivity index (χ0n) is 10.4. The first-order chi connectivity index (χ1) is 8.63. The Bertz CT molecular complexity index is 557. The van der Waals surface area contributed by atoms with Gasteiger partial charge in [0, 0.05) is 5.57 Å². The van der Waals surface area contributed by atoms with Crippen LogP contribution < -0.4 is 0 Å². The van der Waals surface area contributed by atoms with Crippen molar-refractivity contribution in [3.63, 3.8) is 0 Å². The van der Waals surface area contributed by atoms with Crippen molar-refractivity contribution in [3.05, 3.63) is 41.5 Å². The highest BCUT2D eigenvalue weighted by Crippen LogP contribution is 2.24. The minimum atomic E-state index is -4.48. The van der Waals surface area contributed by atoms with Gasteiger partial charge in [-0.3, -0.25) is 4.18 Å². The topological polar surface area (TPSA) is 43.4 Å². The van der Waals surface area contributed by atoms with Gasteiger partial charge in [-0.25, -0.2) is 0 Å². The third-order valence-electron chi connectivity index (χ3n) is 2.37. The first-order valence-corrected chi connectivity index (χ1v) is 6.74. The molecule has 0 saturated heterocycles. The van der Waals surface area contributed by atoms with Gasteiger partial charge in [0.1, 0.15) is 0 Å². The summed E-state index contributed by atoms with van der Waals surface area (Å²) in [4.78, 5) is -0.0869. The Balaban J connectivity index is 2.75. The Labute approximate surface area is 109 Å². The molecular weight excluding hydrogens is 281 g/mol. The molecular formula is C12H13F3O3S. The number of benzene rings is 1. The molecule has 0 atom stereocenters. The molecule has 0 amide bonds. The third kappa shape index (κ3) is 4.68. The van der Waals surface area contributed by atoms with Crippen molar-refractivity contribution < 1.29 is 25.8 Å². The van der Waals surface area contributed by atoms with Crippen LogP contribution in [0, 0.1) is 6.92 Å². The third-order valence-corrected chi connectivity index (χ3v) is 3.67. The second-order valence-electron chi connectivity index (χ2n) is 3.94. The normalized spacial score (nSPS) is 13.6. The SMILES string of the molecule is CC(=CCOS(=O)(=O)c1ccc(C)cc1)C(F)(F)F. The quantitative estimate of drug-likeness (QED) is 0.632. The Morgan fingerprint density at radius 1 is 1.26 bits per heavy atom. The number of hydrogen-bond acceptors (Lipinski definition) is 3. The van der Waals surface area contributed by atoms with Gasteiger partial charge in [0.25, 0.3) is 10.1 Å². The fourth-order valence-corrected chi connectivity index (χ4v) is 1.99. The summed E-state index contributed by atoms with van der Waals surface area (Å²) in [7, 11) is -4.03. The lowest BCUT2D eigenvalue weighted by Gasteiger charge is -2.07. The standard InChI is InChI=1S/C12H13F3O3S/c1-9-3-5-11(6-4-9)19(16,17)18-8-7-10(2)12(13,14)15/h3-7H,8H2,1-2H3. The zero-order valence-corrected chi connectivity index (χ0v) is 11.2. The van der Waals surface area contributed by atoms with Crippen LogP contribution in [0.5, 0.6) is 0 Å². The minimum absolute atomic E-state index is 0.0869. The second-order valence-corrected chi connectivity index (χ2v) is 5.55. The van der Waals surface area contributed by atoms with Crippen LogP contribution in [-0.4, -0.2) is 21.2 Å². The maximum atomic E-state index is 12.2. The molecule has 1 aromatic rings. The largest absolute Gasteiger partial charge is 0.412 e. The van der Waals surface area contributed by atoms with E-state index in [9.17, 15) is 21.6 Å². The fraction of sp³-hybridized carbons (Fsp3) is 0.333. The van der Waals surface area contributed by atoms with Crippen LogP contribution in [0.2, 0.25) is 0 Å². The predicted octanol–water partition coefficient (Wildman–Crippen LogP) is 3.21. The van der Waals surface area contributed by atoms with Gasteiger partial charge in [-0.2, -0.15) is 21.6 Å². The number of aryl methyl sites for hydroxylation is 1. The van der Waals surface area contributed by atoms with E-state index in [0.29, 0.717) is 6.08 Å². The van der Waals surface area contributed by atoms with E-state index >= 15 is 0 Å². The summed E-state index contributed by atoms with van der Waals surface area (Å²) in [6, 6.07) is 5.83. The van der Waals surface area contributed by atoms with Crippen LogP contribution in [0.1, 0.15) is 12.5 Å². The molecule has 7 heteroatoms. The molecule has 0 fully saturated rings. The molecule has 1 rings (SSSR count). The number of alkyl halides is 3. The van der Waals surface area contributed by atoms with Gasteiger partial charge in [-0.15, -0.1) is 0 Å². The van der Waals surface area contributed by atoms with Crippen molar-refractivity contribution in [2.75, 3.05) is 6.61 Å². The summed E-state index contributed by atoms with van der Waals surface area (Å²) in [5.41, 5.74) is -0.0293. The van der Waals surface area contributed by atoms with Gasteiger partial charge in [0.2, 0.25) is 0 Å². The first kappa shape index (κ1) is 15.7. The Morgan fingerprint density at radius 3 is 2.26 bits per heavy atom. The molecule has 19 heavy (non-hydrogen) atoms. The van der Waals surface area contributed by atoms with Gasteiger partial charge in [-0.05, 0) is 32.1 Å². The zero-order chi connectivity index (χ0) is 14.7. The summed E-state index contributed by atoms with van der Waals surface area (Å²) < 4.78 is 64.3. The summed E-state index contributed by atoms with van der Waals surface area (Å²) in [6.45, 7) is 1.98. The average Bonchev–Trinajstić information content (AvgIpc) is 2.28. The van der Waals surface area contributed by atoms with Crippen LogP contribution in [0.15, 0.2) is 40.8 Å². The van der Waals surface area contributed by atoms with Gasteiger partial charge in [0.15, 0.2) is 0 Å². The van der Waals surface area contributed by atoms with Crippen molar-refractivity contribution in [1.82, 2.24) is 0 Å². The lowest BCUT2D eigenvalue weighted by molar-refractivity contribution is -0.0917. The lowest BCUT2D eigenvalue weighted by atomic mass is 10.2. The van der Waals surface area contributed by atoms with E-state index in [1.807, 2.05) is 0 Å². The van der Waals surface area contributed by atoms with E-state index in [4.69, 9.17) is 0 Å². The van der Waals surface area contributed by atoms with Crippen LogP contribution in [0.4, 0.5) is 13.2 Å². The average molecular weight is 294 g/mol. The molecule has 3 nitrogen and oxygen atoms in total. The summed E-state index contributed by atoms with van der Waals surface area (Å²) in [5.74, 6) is 0. The van der Waals surface area contributed by atoms with E-state index in [1.54, 1.807) is 19.1 Å². The maximum Gasteiger partial charge on any atom is 0.412 e. The van der Waals surface area contributed by atoms with Crippen molar-refractivity contribution in [2.45, 2.75) is 24.9 Å². The molecule has 0 spiro atoms. The van der Waals surface area contributed by atoms with Crippen LogP contribution in [0.3, 0.4) is 0 Å². The number of hydrogen-bond donors (Lipinski definition) is 0. The monoisotopic (exact) mass is 294 g/mol. The van der Waals surface area contributed by atoms with Crippen molar-refractivity contribution in [1.29, 1.82) is 0 Å². The molecule has 0 radical (unpaired) electrons. The summed E-state index contributed by atoms with van der Waals surface area (Å²) >= 11 is 0. The predicted molar refractivity (Wildman–Crippen MR) is 64.1 cm³/mol. The molecule has 0 N–H and O–H groups in total. The highest BCUT2D eigenvalue weighted by molar-refractivity contribution is 7.86. The molecule has 106 valence electrons. The van der Waals surface area contributed by atoms with E-state index < -0.39 is 28.5 Å². The maximum absolute atomic E-state index is 12.2. The van der Waals surface area contributed by atoms with E-state index in [0.717, 1.165) is 12.5 Å². The van der Waals surface area contributed by atoms with Crippen LogP contribution >= 0.6 is 0 Å². The van der Waals surface area contributed by atoms with Crippen molar-refractivity contribution in [3.8, 4) is 0 Å². The van der Waals surface area contributed by atoms with Crippen molar-refractivity contribution in [2.24, 2.45) is 0 Å². The highest BCUT2D eigenvalue weighted by atomic mass is 32.2. The molecule has 0 heterocycles. The minimum Gasteiger partial charge on any atom is -0.262 e. The molecule has 0 aromatic heterocycles. The summed E-state index contributed by atoms with van der Waals surface area (Å²) in [6.07, 6.45) is -3.79. The van der Waals surface area contributed by atoms with Crippen molar-refractivity contribution >= 4 is 10.1 Å². The van der Waals surface area contributed by atoms with E-state index in [2.05, 4.69) is 4.18 Å². The Morgan fingerprint density at radius 2 is 1.79 bits per heavy atom. The van der Waals surface area contributed by atoms with Crippen LogP contribution in [-0.2, 0) is 14.3 Å². The number of rotatable bonds is 4. The van der Waals surface area contributed by atoms with Gasteiger partial charge in [0.05, 0.1) is 11.5 Å². The molecule has 0 unspecified atom stereocenters. The van der Waals surface area contributed by atoms with Gasteiger partial charge >= 0.3 is 6.18 Å². The molecule has 0 aliphatic rings. The van der Waals surface area contributed by atoms with Crippen LogP contribution in [0.25, 0.3) is 0 Å². The second kappa shape index (κ2) is 5.75. The summed E-state index contributed by atoms with van der Waals surface area (Å²) in [5, 5.41) is 0. The van der Waals surface area contributed by atoms with E-state index in [1.165, 1.54) is 12.1 Å². The smallest absolute Gasteiger partial charge is 0.262 e. The number of halogens is 3. The molecule has 0 bridgehead atoms. The lowest BCUT2D eigenvalue weighted by Crippen LogP contribution is -2.11. The fourth-order valence-electron chi connectivity index (χ4n) is 1.14. The molecule has 0 aliphatic carbocycles. The Kier molecular flexibility index (Phi) is 4.75. The molecule has 0 aliphatic heterocycles. The Hall–Kier alpha value is -1.34. The molecule has 1 aromatic carbocycles. The molecule has 0 saturated carbocycles. The van der Waals surface area contributed by atoms with E-state index in [-0.39, 0.29) is 4.90 Å². The first-order valence-electron chi connectivity index (χ1n) is 5.33. The van der Waals surface area contributed by atoms with Gasteiger partial charge < -0.3 is 0 Å². The highest BCUT2D eigenvalue weighted by Gasteiger charge is 2.29.